The zero-order chi connectivity index (χ0) is 19.2. The van der Waals surface area contributed by atoms with Crippen LogP contribution in [0.25, 0.3) is 0 Å². The van der Waals surface area contributed by atoms with Crippen LogP contribution in [-0.2, 0) is 9.59 Å². The van der Waals surface area contributed by atoms with Crippen LogP contribution in [0.4, 0.5) is 10.1 Å². The van der Waals surface area contributed by atoms with E-state index in [0.717, 1.165) is 0 Å². The summed E-state index contributed by atoms with van der Waals surface area (Å²) in [6.07, 6.45) is -0.0484. The predicted octanol–water partition coefficient (Wildman–Crippen LogP) is 2.40. The molecule has 6 nitrogen and oxygen atoms in total. The Kier molecular flexibility index (Phi) is 7.21. The van der Waals surface area contributed by atoms with Crippen LogP contribution < -0.4 is 15.4 Å². The lowest BCUT2D eigenvalue weighted by Crippen LogP contribution is -2.47. The zero-order valence-electron chi connectivity index (χ0n) is 15.8. The van der Waals surface area contributed by atoms with Gasteiger partial charge in [-0.05, 0) is 46.8 Å². The van der Waals surface area contributed by atoms with E-state index in [2.05, 4.69) is 10.6 Å². The van der Waals surface area contributed by atoms with Gasteiger partial charge in [-0.15, -0.1) is 0 Å². The second-order valence-electron chi connectivity index (χ2n) is 7.21. The second-order valence-corrected chi connectivity index (χ2v) is 7.21. The first-order chi connectivity index (χ1) is 11.5. The fraction of sp³-hybridized carbons (Fsp3) is 0.556. The van der Waals surface area contributed by atoms with Gasteiger partial charge in [0.05, 0.1) is 24.9 Å². The monoisotopic (exact) mass is 353 g/mol. The second kappa shape index (κ2) is 8.69. The van der Waals surface area contributed by atoms with Crippen molar-refractivity contribution in [2.75, 3.05) is 25.5 Å². The van der Waals surface area contributed by atoms with Gasteiger partial charge in [-0.1, -0.05) is 0 Å². The zero-order valence-corrected chi connectivity index (χ0v) is 15.8. The number of likely N-dealkylation sites (N-methyl/N-ethyl adjacent to an activating group) is 1. The molecule has 2 amide bonds. The Morgan fingerprint density at radius 3 is 2.44 bits per heavy atom. The van der Waals surface area contributed by atoms with Crippen molar-refractivity contribution in [3.63, 3.8) is 0 Å². The van der Waals surface area contributed by atoms with Crippen LogP contribution >= 0.6 is 0 Å². The molecule has 1 aromatic carbocycles. The van der Waals surface area contributed by atoms with E-state index in [0.29, 0.717) is 5.75 Å². The van der Waals surface area contributed by atoms with Gasteiger partial charge < -0.3 is 20.3 Å². The lowest BCUT2D eigenvalue weighted by Gasteiger charge is -2.23. The molecule has 0 unspecified atom stereocenters. The van der Waals surface area contributed by atoms with Crippen molar-refractivity contribution in [1.29, 1.82) is 0 Å². The number of rotatable bonds is 7. The molecule has 140 valence electrons. The average Bonchev–Trinajstić information content (AvgIpc) is 2.43. The molecule has 0 radical (unpaired) electrons. The SMILES string of the molecule is CC(C)Oc1ccc(NCC(=O)N(C)CC(=O)NC(C)(C)C)c(F)c1. The summed E-state index contributed by atoms with van der Waals surface area (Å²) in [5.74, 6) is -0.630. The Morgan fingerprint density at radius 2 is 1.92 bits per heavy atom. The third-order valence-electron chi connectivity index (χ3n) is 3.06. The van der Waals surface area contributed by atoms with Crippen molar-refractivity contribution in [3.05, 3.63) is 24.0 Å². The number of anilines is 1. The van der Waals surface area contributed by atoms with Crippen LogP contribution in [0, 0.1) is 5.82 Å². The molecular formula is C18H28FN3O3. The average molecular weight is 353 g/mol. The largest absolute Gasteiger partial charge is 0.491 e. The Morgan fingerprint density at radius 1 is 1.28 bits per heavy atom. The molecule has 0 heterocycles. The number of ether oxygens (including phenoxy) is 1. The van der Waals surface area contributed by atoms with Crippen molar-refractivity contribution in [2.24, 2.45) is 0 Å². The first-order valence-electron chi connectivity index (χ1n) is 8.23. The molecule has 25 heavy (non-hydrogen) atoms. The summed E-state index contributed by atoms with van der Waals surface area (Å²) in [5.41, 5.74) is -0.153. The molecule has 0 aliphatic heterocycles. The van der Waals surface area contributed by atoms with Gasteiger partial charge in [-0.3, -0.25) is 9.59 Å². The third-order valence-corrected chi connectivity index (χ3v) is 3.06. The fourth-order valence-electron chi connectivity index (χ4n) is 2.05. The summed E-state index contributed by atoms with van der Waals surface area (Å²) in [4.78, 5) is 25.2. The summed E-state index contributed by atoms with van der Waals surface area (Å²) in [5, 5.41) is 5.52. The standard InChI is InChI=1S/C18H28FN3O3/c1-12(2)25-13-7-8-15(14(19)9-13)20-10-17(24)22(6)11-16(23)21-18(3,4)5/h7-9,12,20H,10-11H2,1-6H3,(H,21,23). The molecule has 0 aliphatic rings. The van der Waals surface area contributed by atoms with E-state index >= 15 is 0 Å². The lowest BCUT2D eigenvalue weighted by atomic mass is 10.1. The highest BCUT2D eigenvalue weighted by Gasteiger charge is 2.18. The van der Waals surface area contributed by atoms with Gasteiger partial charge in [0, 0.05) is 18.7 Å². The number of hydrogen-bond donors (Lipinski definition) is 2. The van der Waals surface area contributed by atoms with E-state index in [4.69, 9.17) is 4.74 Å². The Hall–Kier alpha value is -2.31. The number of hydrogen-bond acceptors (Lipinski definition) is 4. The molecule has 2 N–H and O–H groups in total. The summed E-state index contributed by atoms with van der Waals surface area (Å²) >= 11 is 0. The van der Waals surface area contributed by atoms with Crippen LogP contribution in [-0.4, -0.2) is 48.5 Å². The molecule has 1 rings (SSSR count). The molecular weight excluding hydrogens is 325 g/mol. The van der Waals surface area contributed by atoms with Gasteiger partial charge in [-0.2, -0.15) is 0 Å². The van der Waals surface area contributed by atoms with Crippen LogP contribution in [0.3, 0.4) is 0 Å². The van der Waals surface area contributed by atoms with Crippen molar-refractivity contribution in [3.8, 4) is 5.75 Å². The highest BCUT2D eigenvalue weighted by molar-refractivity contribution is 5.86. The number of halogens is 1. The molecule has 0 saturated carbocycles. The smallest absolute Gasteiger partial charge is 0.242 e. The van der Waals surface area contributed by atoms with E-state index in [-0.39, 0.29) is 42.2 Å². The number of amides is 2. The maximum atomic E-state index is 14.0. The van der Waals surface area contributed by atoms with E-state index in [1.807, 2.05) is 34.6 Å². The molecule has 0 bridgehead atoms. The molecule has 0 spiro atoms. The van der Waals surface area contributed by atoms with Crippen molar-refractivity contribution >= 4 is 17.5 Å². The van der Waals surface area contributed by atoms with Crippen LogP contribution in [0.2, 0.25) is 0 Å². The summed E-state index contributed by atoms with van der Waals surface area (Å²) in [7, 11) is 1.53. The molecule has 1 aromatic rings. The molecule has 7 heteroatoms. The van der Waals surface area contributed by atoms with Gasteiger partial charge in [0.25, 0.3) is 0 Å². The fourth-order valence-corrected chi connectivity index (χ4v) is 2.05. The van der Waals surface area contributed by atoms with Gasteiger partial charge in [-0.25, -0.2) is 4.39 Å². The van der Waals surface area contributed by atoms with Crippen LogP contribution in [0.1, 0.15) is 34.6 Å². The van der Waals surface area contributed by atoms with Crippen LogP contribution in [0.5, 0.6) is 5.75 Å². The number of benzene rings is 1. The Bertz CT molecular complexity index is 612. The van der Waals surface area contributed by atoms with Crippen molar-refractivity contribution in [1.82, 2.24) is 10.2 Å². The molecule has 0 aromatic heterocycles. The number of nitrogens with one attached hydrogen (secondary N) is 2. The predicted molar refractivity (Wildman–Crippen MR) is 96.2 cm³/mol. The minimum Gasteiger partial charge on any atom is -0.491 e. The van der Waals surface area contributed by atoms with Gasteiger partial charge in [0.2, 0.25) is 11.8 Å². The van der Waals surface area contributed by atoms with Gasteiger partial charge >= 0.3 is 0 Å². The van der Waals surface area contributed by atoms with Crippen molar-refractivity contribution < 1.29 is 18.7 Å². The number of nitrogens with zero attached hydrogens (tertiary/aromatic N) is 1. The summed E-state index contributed by atoms with van der Waals surface area (Å²) < 4.78 is 19.4. The summed E-state index contributed by atoms with van der Waals surface area (Å²) in [6, 6.07) is 4.43. The molecule has 0 aliphatic carbocycles. The minimum atomic E-state index is -0.501. The molecule has 0 saturated heterocycles. The maximum absolute atomic E-state index is 14.0. The van der Waals surface area contributed by atoms with E-state index in [1.54, 1.807) is 6.07 Å². The topological polar surface area (TPSA) is 70.7 Å². The third kappa shape index (κ3) is 7.87. The van der Waals surface area contributed by atoms with E-state index in [1.165, 1.54) is 24.1 Å². The van der Waals surface area contributed by atoms with E-state index in [9.17, 15) is 14.0 Å². The highest BCUT2D eigenvalue weighted by Crippen LogP contribution is 2.21. The van der Waals surface area contributed by atoms with Crippen LogP contribution in [0.15, 0.2) is 18.2 Å². The minimum absolute atomic E-state index is 0.0484. The first kappa shape index (κ1) is 20.7. The Labute approximate surface area is 148 Å². The number of carbonyl (C=O) groups is 2. The quantitative estimate of drug-likeness (QED) is 0.790. The van der Waals surface area contributed by atoms with Gasteiger partial charge in [0.1, 0.15) is 11.6 Å². The van der Waals surface area contributed by atoms with Gasteiger partial charge in [0.15, 0.2) is 0 Å². The van der Waals surface area contributed by atoms with Crippen molar-refractivity contribution in [2.45, 2.75) is 46.3 Å². The lowest BCUT2D eigenvalue weighted by molar-refractivity contribution is -0.133. The first-order valence-corrected chi connectivity index (χ1v) is 8.23. The number of carbonyl (C=O) groups excluding carboxylic acids is 2. The molecule has 0 atom stereocenters. The Balaban J connectivity index is 2.54. The normalized spacial score (nSPS) is 11.2. The highest BCUT2D eigenvalue weighted by atomic mass is 19.1. The maximum Gasteiger partial charge on any atom is 0.242 e. The molecule has 0 fully saturated rings. The summed E-state index contributed by atoms with van der Waals surface area (Å²) in [6.45, 7) is 9.14. The van der Waals surface area contributed by atoms with E-state index < -0.39 is 5.82 Å².